The van der Waals surface area contributed by atoms with E-state index in [0.717, 1.165) is 12.2 Å². The van der Waals surface area contributed by atoms with Crippen LogP contribution < -0.4 is 5.32 Å². The number of rotatable bonds is 4. The highest BCUT2D eigenvalue weighted by molar-refractivity contribution is 5.40. The number of halogens is 1. The molecule has 0 spiro atoms. The number of hydrogen-bond acceptors (Lipinski definition) is 6. The number of morpholine rings is 1. The van der Waals surface area contributed by atoms with Crippen LogP contribution in [0.3, 0.4) is 0 Å². The van der Waals surface area contributed by atoms with E-state index < -0.39 is 0 Å². The highest BCUT2D eigenvalue weighted by Gasteiger charge is 2.26. The Hall–Kier alpha value is -2.12. The first kappa shape index (κ1) is 14.8. The van der Waals surface area contributed by atoms with Gasteiger partial charge in [-0.25, -0.2) is 9.37 Å². The quantitative estimate of drug-likeness (QED) is 0.926. The van der Waals surface area contributed by atoms with Crippen molar-refractivity contribution in [3.63, 3.8) is 0 Å². The van der Waals surface area contributed by atoms with E-state index in [2.05, 4.69) is 25.2 Å². The lowest BCUT2D eigenvalue weighted by atomic mass is 10.2. The second kappa shape index (κ2) is 6.76. The summed E-state index contributed by atoms with van der Waals surface area (Å²) in [5.41, 5.74) is 1.23. The highest BCUT2D eigenvalue weighted by Crippen LogP contribution is 2.25. The van der Waals surface area contributed by atoms with Gasteiger partial charge in [-0.3, -0.25) is 14.9 Å². The average Bonchev–Trinajstić information content (AvgIpc) is 2.57. The molecule has 2 aromatic heterocycles. The van der Waals surface area contributed by atoms with Crippen LogP contribution in [0.5, 0.6) is 0 Å². The minimum absolute atomic E-state index is 0.184. The Morgan fingerprint density at radius 2 is 2.18 bits per heavy atom. The summed E-state index contributed by atoms with van der Waals surface area (Å²) in [4.78, 5) is 14.8. The number of nitrogens with zero attached hydrogens (tertiary/aromatic N) is 4. The molecule has 3 heterocycles. The number of hydrogen-bond donors (Lipinski definition) is 1. The molecule has 1 fully saturated rings. The van der Waals surface area contributed by atoms with E-state index >= 15 is 0 Å². The summed E-state index contributed by atoms with van der Waals surface area (Å²) < 4.78 is 19.5. The van der Waals surface area contributed by atoms with Crippen molar-refractivity contribution in [1.82, 2.24) is 19.9 Å². The van der Waals surface area contributed by atoms with Gasteiger partial charge >= 0.3 is 0 Å². The van der Waals surface area contributed by atoms with Gasteiger partial charge in [0.25, 0.3) is 0 Å². The first-order chi connectivity index (χ1) is 10.8. The largest absolute Gasteiger partial charge is 0.372 e. The fraction of sp³-hybridized carbons (Fsp3) is 0.400. The van der Waals surface area contributed by atoms with Crippen molar-refractivity contribution in [3.05, 3.63) is 47.9 Å². The summed E-state index contributed by atoms with van der Waals surface area (Å²) >= 11 is 0. The van der Waals surface area contributed by atoms with E-state index in [4.69, 9.17) is 4.74 Å². The summed E-state index contributed by atoms with van der Waals surface area (Å²) in [6.45, 7) is 2.39. The highest BCUT2D eigenvalue weighted by atomic mass is 19.1. The molecule has 0 saturated carbocycles. The van der Waals surface area contributed by atoms with Gasteiger partial charge in [0, 0.05) is 45.3 Å². The smallest absolute Gasteiger partial charge is 0.150 e. The van der Waals surface area contributed by atoms with Gasteiger partial charge < -0.3 is 10.1 Å². The predicted octanol–water partition coefficient (Wildman–Crippen LogP) is 1.63. The van der Waals surface area contributed by atoms with Crippen molar-refractivity contribution < 1.29 is 9.13 Å². The fourth-order valence-corrected chi connectivity index (χ4v) is 2.54. The molecule has 0 amide bonds. The van der Waals surface area contributed by atoms with Crippen molar-refractivity contribution in [3.8, 4) is 0 Å². The Bertz CT molecular complexity index is 639. The summed E-state index contributed by atoms with van der Waals surface area (Å²) in [6, 6.07) is 3.03. The van der Waals surface area contributed by atoms with Crippen molar-refractivity contribution in [1.29, 1.82) is 0 Å². The van der Waals surface area contributed by atoms with Crippen LogP contribution in [0.25, 0.3) is 0 Å². The predicted molar refractivity (Wildman–Crippen MR) is 79.7 cm³/mol. The standard InChI is InChI=1S/C15H18FN5O/c1-17-15-14(19-5-6-20-15)13-10-21(7-8-22-13)9-12-11(16)3-2-4-18-12/h2-6,13H,7-10H2,1H3,(H,17,20)/t13-/m1/s1. The van der Waals surface area contributed by atoms with E-state index in [1.165, 1.54) is 6.07 Å². The molecule has 3 rings (SSSR count). The molecule has 1 N–H and O–H groups in total. The number of anilines is 1. The van der Waals surface area contributed by atoms with E-state index in [1.54, 1.807) is 31.7 Å². The second-order valence-corrected chi connectivity index (χ2v) is 5.07. The summed E-state index contributed by atoms with van der Waals surface area (Å²) in [5.74, 6) is 0.430. The molecule has 0 radical (unpaired) electrons. The number of pyridine rings is 1. The molecule has 22 heavy (non-hydrogen) atoms. The second-order valence-electron chi connectivity index (χ2n) is 5.07. The van der Waals surface area contributed by atoms with Gasteiger partial charge in [0.1, 0.15) is 23.4 Å². The molecule has 0 aliphatic carbocycles. The molecule has 0 aromatic carbocycles. The van der Waals surface area contributed by atoms with Crippen LogP contribution in [-0.2, 0) is 11.3 Å². The minimum atomic E-state index is -0.277. The van der Waals surface area contributed by atoms with E-state index in [-0.39, 0.29) is 11.9 Å². The zero-order chi connectivity index (χ0) is 15.4. The van der Waals surface area contributed by atoms with Crippen LogP contribution in [0, 0.1) is 5.82 Å². The maximum atomic E-state index is 13.7. The van der Waals surface area contributed by atoms with E-state index in [9.17, 15) is 4.39 Å². The minimum Gasteiger partial charge on any atom is -0.372 e. The number of aromatic nitrogens is 3. The summed E-state index contributed by atoms with van der Waals surface area (Å²) in [5, 5.41) is 3.02. The maximum Gasteiger partial charge on any atom is 0.150 e. The third-order valence-electron chi connectivity index (χ3n) is 3.63. The lowest BCUT2D eigenvalue weighted by molar-refractivity contribution is -0.0354. The molecule has 7 heteroatoms. The van der Waals surface area contributed by atoms with Gasteiger partial charge in [-0.2, -0.15) is 0 Å². The Morgan fingerprint density at radius 1 is 1.32 bits per heavy atom. The molecule has 1 aliphatic heterocycles. The summed E-state index contributed by atoms with van der Waals surface area (Å²) in [6.07, 6.45) is 4.71. The van der Waals surface area contributed by atoms with Crippen LogP contribution in [0.15, 0.2) is 30.7 Å². The zero-order valence-corrected chi connectivity index (χ0v) is 12.4. The third-order valence-corrected chi connectivity index (χ3v) is 3.63. The maximum absolute atomic E-state index is 13.7. The molecule has 2 aromatic rings. The Kier molecular flexibility index (Phi) is 4.55. The monoisotopic (exact) mass is 303 g/mol. The van der Waals surface area contributed by atoms with Crippen molar-refractivity contribution >= 4 is 5.82 Å². The molecular weight excluding hydrogens is 285 g/mol. The van der Waals surface area contributed by atoms with Crippen LogP contribution in [0.1, 0.15) is 17.5 Å². The molecule has 0 unspecified atom stereocenters. The van der Waals surface area contributed by atoms with Crippen LogP contribution in [0.4, 0.5) is 10.2 Å². The molecule has 0 bridgehead atoms. The van der Waals surface area contributed by atoms with E-state index in [1.807, 2.05) is 0 Å². The lowest BCUT2D eigenvalue weighted by Crippen LogP contribution is -2.38. The normalized spacial score (nSPS) is 19.1. The Morgan fingerprint density at radius 3 is 3.00 bits per heavy atom. The van der Waals surface area contributed by atoms with Gasteiger partial charge in [0.2, 0.25) is 0 Å². The Balaban J connectivity index is 1.73. The van der Waals surface area contributed by atoms with Gasteiger partial charge in [-0.15, -0.1) is 0 Å². The van der Waals surface area contributed by atoms with Crippen LogP contribution >= 0.6 is 0 Å². The van der Waals surface area contributed by atoms with Crippen LogP contribution in [-0.4, -0.2) is 46.6 Å². The van der Waals surface area contributed by atoms with Gasteiger partial charge in [-0.1, -0.05) is 0 Å². The fourth-order valence-electron chi connectivity index (χ4n) is 2.54. The number of ether oxygens (including phenoxy) is 1. The molecule has 1 atom stereocenters. The van der Waals surface area contributed by atoms with Gasteiger partial charge in [0.15, 0.2) is 0 Å². The first-order valence-electron chi connectivity index (χ1n) is 7.20. The van der Waals surface area contributed by atoms with Gasteiger partial charge in [0.05, 0.1) is 12.3 Å². The molecule has 1 saturated heterocycles. The summed E-state index contributed by atoms with van der Waals surface area (Å²) in [7, 11) is 1.80. The average molecular weight is 303 g/mol. The van der Waals surface area contributed by atoms with E-state index in [0.29, 0.717) is 31.2 Å². The molecular formula is C15H18FN5O. The molecule has 6 nitrogen and oxygen atoms in total. The first-order valence-corrected chi connectivity index (χ1v) is 7.20. The number of nitrogens with one attached hydrogen (secondary N) is 1. The topological polar surface area (TPSA) is 63.2 Å². The molecule has 116 valence electrons. The Labute approximate surface area is 128 Å². The lowest BCUT2D eigenvalue weighted by Gasteiger charge is -2.32. The van der Waals surface area contributed by atoms with Crippen molar-refractivity contribution in [2.24, 2.45) is 0 Å². The zero-order valence-electron chi connectivity index (χ0n) is 12.4. The van der Waals surface area contributed by atoms with Crippen LogP contribution in [0.2, 0.25) is 0 Å². The molecule has 1 aliphatic rings. The van der Waals surface area contributed by atoms with Crippen molar-refractivity contribution in [2.45, 2.75) is 12.6 Å². The SMILES string of the molecule is CNc1nccnc1[C@H]1CN(Cc2ncccc2F)CCO1. The third kappa shape index (κ3) is 3.20. The van der Waals surface area contributed by atoms with Gasteiger partial charge in [-0.05, 0) is 12.1 Å². The van der Waals surface area contributed by atoms with Crippen molar-refractivity contribution in [2.75, 3.05) is 32.1 Å².